The normalized spacial score (nSPS) is 11.9. The highest BCUT2D eigenvalue weighted by atomic mass is 35.5. The number of benzene rings is 1. The number of ether oxygens (including phenoxy) is 1. The van der Waals surface area contributed by atoms with Gasteiger partial charge in [-0.15, -0.1) is 0 Å². The van der Waals surface area contributed by atoms with Crippen molar-refractivity contribution in [3.05, 3.63) is 38.9 Å². The van der Waals surface area contributed by atoms with Gasteiger partial charge in [0.05, 0.1) is 11.0 Å². The Morgan fingerprint density at radius 2 is 2.28 bits per heavy atom. The summed E-state index contributed by atoms with van der Waals surface area (Å²) in [5.74, 6) is -0.367. The van der Waals surface area contributed by atoms with E-state index in [2.05, 4.69) is 0 Å². The molecule has 0 heterocycles. The first-order valence-corrected chi connectivity index (χ1v) is 5.68. The first-order valence-electron chi connectivity index (χ1n) is 5.30. The van der Waals surface area contributed by atoms with Gasteiger partial charge in [-0.3, -0.25) is 14.9 Å². The second-order valence-corrected chi connectivity index (χ2v) is 4.02. The topological polar surface area (TPSA) is 95.5 Å². The van der Waals surface area contributed by atoms with Crippen LogP contribution in [0.2, 0.25) is 5.02 Å². The van der Waals surface area contributed by atoms with Crippen LogP contribution in [0.4, 0.5) is 5.69 Å². The minimum Gasteiger partial charge on any atom is -0.464 e. The predicted octanol–water partition coefficient (Wildman–Crippen LogP) is 2.20. The molecule has 0 saturated heterocycles. The van der Waals surface area contributed by atoms with E-state index >= 15 is 0 Å². The molecule has 0 aliphatic heterocycles. The molecule has 2 N–H and O–H groups in total. The van der Waals surface area contributed by atoms with Crippen LogP contribution in [0, 0.1) is 10.1 Å². The summed E-state index contributed by atoms with van der Waals surface area (Å²) in [6, 6.07) is 3.64. The van der Waals surface area contributed by atoms with E-state index < -0.39 is 11.0 Å². The molecule has 0 fully saturated rings. The molecule has 0 amide bonds. The highest BCUT2D eigenvalue weighted by molar-refractivity contribution is 6.32. The summed E-state index contributed by atoms with van der Waals surface area (Å²) in [4.78, 5) is 21.1. The molecule has 98 valence electrons. The molecule has 0 radical (unpaired) electrons. The van der Waals surface area contributed by atoms with E-state index in [-0.39, 0.29) is 29.7 Å². The van der Waals surface area contributed by atoms with Gasteiger partial charge < -0.3 is 10.5 Å². The highest BCUT2D eigenvalue weighted by Crippen LogP contribution is 2.27. The second-order valence-electron chi connectivity index (χ2n) is 3.61. The maximum Gasteiger partial charge on any atom is 0.305 e. The van der Waals surface area contributed by atoms with E-state index in [4.69, 9.17) is 22.1 Å². The van der Waals surface area contributed by atoms with E-state index in [1.165, 1.54) is 12.1 Å². The maximum absolute atomic E-state index is 11.0. The molecule has 18 heavy (non-hydrogen) atoms. The third-order valence-electron chi connectivity index (χ3n) is 2.31. The molecule has 0 bridgehead atoms. The van der Waals surface area contributed by atoms with Crippen LogP contribution in [-0.4, -0.2) is 17.5 Å². The molecule has 1 aromatic rings. The zero-order valence-electron chi connectivity index (χ0n) is 9.76. The Morgan fingerprint density at radius 1 is 1.61 bits per heavy atom. The highest BCUT2D eigenvalue weighted by Gasteiger charge is 2.16. The summed E-state index contributed by atoms with van der Waals surface area (Å²) in [7, 11) is 0. The molecule has 1 atom stereocenters. The number of esters is 1. The van der Waals surface area contributed by atoms with Crippen molar-refractivity contribution in [3.8, 4) is 0 Å². The quantitative estimate of drug-likeness (QED) is 0.503. The Morgan fingerprint density at radius 3 is 2.83 bits per heavy atom. The Labute approximate surface area is 109 Å². The number of hydrogen-bond donors (Lipinski definition) is 1. The summed E-state index contributed by atoms with van der Waals surface area (Å²) in [6.45, 7) is 1.65. The Balaban J connectivity index is 2.80. The number of hydrogen-bond acceptors (Lipinski definition) is 5. The van der Waals surface area contributed by atoms with Gasteiger partial charge in [0.15, 0.2) is 0 Å². The molecular weight excluding hydrogens is 260 g/mol. The van der Waals surface area contributed by atoms with Crippen molar-refractivity contribution in [3.63, 3.8) is 0 Å². The van der Waals surface area contributed by atoms with Crippen molar-refractivity contribution >= 4 is 23.3 Å². The van der Waals surface area contributed by atoms with Gasteiger partial charge in [-0.25, -0.2) is 0 Å². The zero-order chi connectivity index (χ0) is 13.7. The number of nitro groups is 1. The lowest BCUT2D eigenvalue weighted by molar-refractivity contribution is -0.384. The number of nitrogens with two attached hydrogens (primary N) is 1. The molecular formula is C11H13ClN2O4. The third-order valence-corrected chi connectivity index (χ3v) is 2.63. The van der Waals surface area contributed by atoms with E-state index in [0.29, 0.717) is 5.56 Å². The third kappa shape index (κ3) is 3.68. The zero-order valence-corrected chi connectivity index (χ0v) is 10.5. The van der Waals surface area contributed by atoms with Crippen LogP contribution in [0.25, 0.3) is 0 Å². The molecule has 6 nitrogen and oxygen atoms in total. The van der Waals surface area contributed by atoms with Crippen molar-refractivity contribution in [2.45, 2.75) is 19.4 Å². The fourth-order valence-electron chi connectivity index (χ4n) is 1.28. The monoisotopic (exact) mass is 272 g/mol. The van der Waals surface area contributed by atoms with Crippen LogP contribution in [0.5, 0.6) is 0 Å². The van der Waals surface area contributed by atoms with Gasteiger partial charge in [-0.1, -0.05) is 24.6 Å². The van der Waals surface area contributed by atoms with Crippen molar-refractivity contribution in [2.24, 2.45) is 5.73 Å². The summed E-state index contributed by atoms with van der Waals surface area (Å²) >= 11 is 5.68. The fraction of sp³-hybridized carbons (Fsp3) is 0.364. The minimum atomic E-state index is -0.614. The number of carbonyl (C=O) groups is 1. The molecule has 1 rings (SSSR count). The second kappa shape index (κ2) is 6.32. The SMILES string of the molecule is CCC(=O)OCC(N)c1ccc(Cl)c([N+](=O)[O-])c1. The molecule has 1 unspecified atom stereocenters. The molecule has 7 heteroatoms. The summed E-state index contributed by atoms with van der Waals surface area (Å²) < 4.78 is 4.87. The van der Waals surface area contributed by atoms with Crippen LogP contribution in [-0.2, 0) is 9.53 Å². The molecule has 0 spiro atoms. The number of halogens is 1. The standard InChI is InChI=1S/C11H13ClN2O4/c1-2-11(15)18-6-9(13)7-3-4-8(12)10(5-7)14(16)17/h3-5,9H,2,6,13H2,1H3. The summed E-state index contributed by atoms with van der Waals surface area (Å²) in [6.07, 6.45) is 0.257. The van der Waals surface area contributed by atoms with Crippen LogP contribution >= 0.6 is 11.6 Å². The minimum absolute atomic E-state index is 0.0224. The first-order chi connectivity index (χ1) is 8.45. The predicted molar refractivity (Wildman–Crippen MR) is 66.3 cm³/mol. The fourth-order valence-corrected chi connectivity index (χ4v) is 1.47. The summed E-state index contributed by atoms with van der Waals surface area (Å²) in [5, 5.41) is 10.7. The van der Waals surface area contributed by atoms with E-state index in [0.717, 1.165) is 0 Å². The molecule has 0 aliphatic carbocycles. The van der Waals surface area contributed by atoms with E-state index in [1.807, 2.05) is 0 Å². The van der Waals surface area contributed by atoms with Crippen LogP contribution in [0.1, 0.15) is 24.9 Å². The first kappa shape index (κ1) is 14.4. The van der Waals surface area contributed by atoms with Crippen molar-refractivity contribution in [2.75, 3.05) is 6.61 Å². The van der Waals surface area contributed by atoms with Gasteiger partial charge in [0.1, 0.15) is 11.6 Å². The van der Waals surface area contributed by atoms with Gasteiger partial charge in [-0.05, 0) is 11.6 Å². The average Bonchev–Trinajstić information content (AvgIpc) is 2.35. The Hall–Kier alpha value is -1.66. The number of nitrogens with zero attached hydrogens (tertiary/aromatic N) is 1. The van der Waals surface area contributed by atoms with Crippen molar-refractivity contribution in [1.29, 1.82) is 0 Å². The van der Waals surface area contributed by atoms with Gasteiger partial charge in [0.25, 0.3) is 5.69 Å². The van der Waals surface area contributed by atoms with Gasteiger partial charge in [0, 0.05) is 12.5 Å². The molecule has 1 aromatic carbocycles. The maximum atomic E-state index is 11.0. The van der Waals surface area contributed by atoms with Crippen molar-refractivity contribution in [1.82, 2.24) is 0 Å². The smallest absolute Gasteiger partial charge is 0.305 e. The number of nitro benzene ring substituents is 1. The van der Waals surface area contributed by atoms with E-state index in [9.17, 15) is 14.9 Å². The van der Waals surface area contributed by atoms with Crippen LogP contribution < -0.4 is 5.73 Å². The van der Waals surface area contributed by atoms with Gasteiger partial charge in [0.2, 0.25) is 0 Å². The van der Waals surface area contributed by atoms with Crippen LogP contribution in [0.3, 0.4) is 0 Å². The molecule has 0 saturated carbocycles. The van der Waals surface area contributed by atoms with Gasteiger partial charge in [-0.2, -0.15) is 0 Å². The lowest BCUT2D eigenvalue weighted by Gasteiger charge is -2.12. The van der Waals surface area contributed by atoms with Crippen molar-refractivity contribution < 1.29 is 14.5 Å². The van der Waals surface area contributed by atoms with Crippen LogP contribution in [0.15, 0.2) is 18.2 Å². The number of carbonyl (C=O) groups excluding carboxylic acids is 1. The Kier molecular flexibility index (Phi) is 5.06. The average molecular weight is 273 g/mol. The summed E-state index contributed by atoms with van der Waals surface area (Å²) in [5.41, 5.74) is 6.05. The Bertz CT molecular complexity index is 464. The molecule has 0 aromatic heterocycles. The van der Waals surface area contributed by atoms with E-state index in [1.54, 1.807) is 13.0 Å². The lowest BCUT2D eigenvalue weighted by Crippen LogP contribution is -2.19. The number of rotatable bonds is 5. The lowest BCUT2D eigenvalue weighted by atomic mass is 10.1. The largest absolute Gasteiger partial charge is 0.464 e. The van der Waals surface area contributed by atoms with Gasteiger partial charge >= 0.3 is 5.97 Å². The molecule has 0 aliphatic rings.